The Labute approximate surface area is 62.2 Å². The van der Waals surface area contributed by atoms with Crippen molar-refractivity contribution in [3.8, 4) is 6.07 Å². The Morgan fingerprint density at radius 2 is 2.40 bits per heavy atom. The predicted octanol–water partition coefficient (Wildman–Crippen LogP) is 1.29. The Bertz CT molecular complexity index is 131. The van der Waals surface area contributed by atoms with Gasteiger partial charge >= 0.3 is 0 Å². The molecule has 2 atom stereocenters. The second-order valence-electron chi connectivity index (χ2n) is 2.97. The minimum Gasteiger partial charge on any atom is -0.313 e. The SMILES string of the molecule is CC(C#N)C1CCCCN1. The summed E-state index contributed by atoms with van der Waals surface area (Å²) in [6, 6.07) is 2.73. The van der Waals surface area contributed by atoms with Crippen molar-refractivity contribution in [1.82, 2.24) is 5.32 Å². The van der Waals surface area contributed by atoms with E-state index in [0.717, 1.165) is 6.54 Å². The number of piperidine rings is 1. The number of nitrogens with one attached hydrogen (secondary N) is 1. The average molecular weight is 138 g/mol. The Balaban J connectivity index is 2.33. The summed E-state index contributed by atoms with van der Waals surface area (Å²) in [5.41, 5.74) is 0. The first-order chi connectivity index (χ1) is 4.84. The lowest BCUT2D eigenvalue weighted by Gasteiger charge is -2.24. The summed E-state index contributed by atoms with van der Waals surface area (Å²) >= 11 is 0. The molecule has 1 aliphatic heterocycles. The summed E-state index contributed by atoms with van der Waals surface area (Å²) < 4.78 is 0. The lowest BCUT2D eigenvalue weighted by molar-refractivity contribution is 0.351. The minimum absolute atomic E-state index is 0.181. The minimum atomic E-state index is 0.181. The van der Waals surface area contributed by atoms with Gasteiger partial charge in [0.05, 0.1) is 12.0 Å². The fourth-order valence-corrected chi connectivity index (χ4v) is 1.40. The zero-order chi connectivity index (χ0) is 7.40. The van der Waals surface area contributed by atoms with Gasteiger partial charge in [-0.1, -0.05) is 6.42 Å². The smallest absolute Gasteiger partial charge is 0.0669 e. The van der Waals surface area contributed by atoms with Crippen LogP contribution in [0, 0.1) is 17.2 Å². The zero-order valence-electron chi connectivity index (χ0n) is 6.43. The van der Waals surface area contributed by atoms with E-state index in [1.54, 1.807) is 0 Å². The van der Waals surface area contributed by atoms with Gasteiger partial charge in [-0.15, -0.1) is 0 Å². The molecule has 1 rings (SSSR count). The van der Waals surface area contributed by atoms with Crippen molar-refractivity contribution < 1.29 is 0 Å². The molecular weight excluding hydrogens is 124 g/mol. The standard InChI is InChI=1S/C8H14N2/c1-7(6-9)8-4-2-3-5-10-8/h7-8,10H,2-5H2,1H3. The first-order valence-electron chi connectivity index (χ1n) is 3.97. The molecule has 1 saturated heterocycles. The van der Waals surface area contributed by atoms with Crippen LogP contribution in [0.15, 0.2) is 0 Å². The van der Waals surface area contributed by atoms with Gasteiger partial charge in [0.1, 0.15) is 0 Å². The van der Waals surface area contributed by atoms with Gasteiger partial charge in [-0.3, -0.25) is 0 Å². The first-order valence-corrected chi connectivity index (χ1v) is 3.97. The Morgan fingerprint density at radius 3 is 2.90 bits per heavy atom. The molecular formula is C8H14N2. The topological polar surface area (TPSA) is 35.8 Å². The molecule has 0 aromatic carbocycles. The quantitative estimate of drug-likeness (QED) is 0.592. The summed E-state index contributed by atoms with van der Waals surface area (Å²) in [7, 11) is 0. The molecule has 56 valence electrons. The third-order valence-corrected chi connectivity index (χ3v) is 2.16. The van der Waals surface area contributed by atoms with Crippen LogP contribution in [-0.2, 0) is 0 Å². The van der Waals surface area contributed by atoms with E-state index >= 15 is 0 Å². The van der Waals surface area contributed by atoms with Crippen molar-refractivity contribution in [2.24, 2.45) is 5.92 Å². The molecule has 0 bridgehead atoms. The maximum Gasteiger partial charge on any atom is 0.0669 e. The van der Waals surface area contributed by atoms with E-state index in [4.69, 9.17) is 5.26 Å². The molecule has 1 N–H and O–H groups in total. The second-order valence-corrected chi connectivity index (χ2v) is 2.97. The van der Waals surface area contributed by atoms with Crippen LogP contribution >= 0.6 is 0 Å². The molecule has 1 aliphatic rings. The molecule has 1 heterocycles. The maximum atomic E-state index is 8.60. The molecule has 0 amide bonds. The lowest BCUT2D eigenvalue weighted by Crippen LogP contribution is -2.38. The molecule has 0 spiro atoms. The van der Waals surface area contributed by atoms with Crippen molar-refractivity contribution >= 4 is 0 Å². The molecule has 2 heteroatoms. The van der Waals surface area contributed by atoms with Gasteiger partial charge in [-0.2, -0.15) is 5.26 Å². The van der Waals surface area contributed by atoms with Gasteiger partial charge in [0.15, 0.2) is 0 Å². The number of nitrogens with zero attached hydrogens (tertiary/aromatic N) is 1. The van der Waals surface area contributed by atoms with Gasteiger partial charge in [-0.25, -0.2) is 0 Å². The monoisotopic (exact) mass is 138 g/mol. The van der Waals surface area contributed by atoms with Crippen molar-refractivity contribution in [3.05, 3.63) is 0 Å². The van der Waals surface area contributed by atoms with Crippen LogP contribution in [0.2, 0.25) is 0 Å². The number of rotatable bonds is 1. The van der Waals surface area contributed by atoms with E-state index in [2.05, 4.69) is 11.4 Å². The van der Waals surface area contributed by atoms with Gasteiger partial charge in [0.2, 0.25) is 0 Å². The highest BCUT2D eigenvalue weighted by atomic mass is 14.9. The second kappa shape index (κ2) is 3.58. The summed E-state index contributed by atoms with van der Waals surface area (Å²) in [4.78, 5) is 0. The molecule has 0 aromatic heterocycles. The fourth-order valence-electron chi connectivity index (χ4n) is 1.40. The van der Waals surface area contributed by atoms with Gasteiger partial charge in [0, 0.05) is 6.04 Å². The number of nitriles is 1. The van der Waals surface area contributed by atoms with E-state index in [1.807, 2.05) is 6.92 Å². The molecule has 2 unspecified atom stereocenters. The molecule has 2 nitrogen and oxygen atoms in total. The van der Waals surface area contributed by atoms with Crippen LogP contribution < -0.4 is 5.32 Å². The Hall–Kier alpha value is -0.550. The Morgan fingerprint density at radius 1 is 1.60 bits per heavy atom. The molecule has 0 aliphatic carbocycles. The van der Waals surface area contributed by atoms with Crippen LogP contribution in [-0.4, -0.2) is 12.6 Å². The van der Waals surface area contributed by atoms with E-state index in [1.165, 1.54) is 19.3 Å². The van der Waals surface area contributed by atoms with Crippen LogP contribution in [0.5, 0.6) is 0 Å². The van der Waals surface area contributed by atoms with Crippen LogP contribution in [0.1, 0.15) is 26.2 Å². The van der Waals surface area contributed by atoms with E-state index in [-0.39, 0.29) is 5.92 Å². The lowest BCUT2D eigenvalue weighted by atomic mass is 9.95. The van der Waals surface area contributed by atoms with Gasteiger partial charge in [0.25, 0.3) is 0 Å². The first kappa shape index (κ1) is 7.56. The maximum absolute atomic E-state index is 8.60. The molecule has 0 saturated carbocycles. The van der Waals surface area contributed by atoms with Crippen LogP contribution in [0.3, 0.4) is 0 Å². The summed E-state index contributed by atoms with van der Waals surface area (Å²) in [5.74, 6) is 0.181. The normalized spacial score (nSPS) is 29.0. The molecule has 0 radical (unpaired) electrons. The third-order valence-electron chi connectivity index (χ3n) is 2.16. The molecule has 0 aromatic rings. The third kappa shape index (κ3) is 1.71. The van der Waals surface area contributed by atoms with Crippen molar-refractivity contribution in [3.63, 3.8) is 0 Å². The molecule has 1 fully saturated rings. The van der Waals surface area contributed by atoms with Crippen LogP contribution in [0.25, 0.3) is 0 Å². The summed E-state index contributed by atoms with van der Waals surface area (Å²) in [6.45, 7) is 3.08. The Kier molecular flexibility index (Phi) is 2.70. The van der Waals surface area contributed by atoms with Gasteiger partial charge in [-0.05, 0) is 26.3 Å². The highest BCUT2D eigenvalue weighted by Crippen LogP contribution is 2.13. The largest absolute Gasteiger partial charge is 0.313 e. The zero-order valence-corrected chi connectivity index (χ0v) is 6.43. The predicted molar refractivity (Wildman–Crippen MR) is 40.4 cm³/mol. The fraction of sp³-hybridized carbons (Fsp3) is 0.875. The average Bonchev–Trinajstić information content (AvgIpc) is 2.05. The van der Waals surface area contributed by atoms with E-state index in [0.29, 0.717) is 6.04 Å². The summed E-state index contributed by atoms with van der Waals surface area (Å²) in [6.07, 6.45) is 3.73. The number of hydrogen-bond donors (Lipinski definition) is 1. The number of hydrogen-bond acceptors (Lipinski definition) is 2. The van der Waals surface area contributed by atoms with Crippen molar-refractivity contribution in [2.75, 3.05) is 6.54 Å². The highest BCUT2D eigenvalue weighted by Gasteiger charge is 2.18. The van der Waals surface area contributed by atoms with Crippen molar-refractivity contribution in [1.29, 1.82) is 5.26 Å². The van der Waals surface area contributed by atoms with E-state index < -0.39 is 0 Å². The van der Waals surface area contributed by atoms with Gasteiger partial charge < -0.3 is 5.32 Å². The summed E-state index contributed by atoms with van der Waals surface area (Å²) in [5, 5.41) is 11.9. The van der Waals surface area contributed by atoms with Crippen molar-refractivity contribution in [2.45, 2.75) is 32.2 Å². The van der Waals surface area contributed by atoms with Crippen LogP contribution in [0.4, 0.5) is 0 Å². The highest BCUT2D eigenvalue weighted by molar-refractivity contribution is 4.90. The molecule has 10 heavy (non-hydrogen) atoms. The van der Waals surface area contributed by atoms with E-state index in [9.17, 15) is 0 Å².